The summed E-state index contributed by atoms with van der Waals surface area (Å²) < 4.78 is 5.53. The largest absolute Gasteiger partial charge is 0.380 e. The van der Waals surface area contributed by atoms with Crippen molar-refractivity contribution in [1.82, 2.24) is 5.32 Å². The van der Waals surface area contributed by atoms with Crippen molar-refractivity contribution in [2.75, 3.05) is 26.8 Å². The third-order valence-electron chi connectivity index (χ3n) is 3.19. The van der Waals surface area contributed by atoms with Crippen LogP contribution >= 0.6 is 0 Å². The molecule has 0 fully saturated rings. The van der Waals surface area contributed by atoms with E-state index >= 15 is 0 Å². The molecule has 0 spiro atoms. The Hall–Kier alpha value is -0.860. The number of benzene rings is 1. The summed E-state index contributed by atoms with van der Waals surface area (Å²) in [5.41, 5.74) is 4.54. The molecule has 0 aliphatic heterocycles. The number of hydrogen-bond donors (Lipinski definition) is 1. The fraction of sp³-hybridized carbons (Fsp3) is 0.571. The van der Waals surface area contributed by atoms with Gasteiger partial charge in [-0.05, 0) is 49.4 Å². The van der Waals surface area contributed by atoms with Crippen molar-refractivity contribution < 1.29 is 4.74 Å². The van der Waals surface area contributed by atoms with Gasteiger partial charge in [-0.1, -0.05) is 18.2 Å². The molecule has 0 saturated carbocycles. The van der Waals surface area contributed by atoms with Crippen LogP contribution in [0.15, 0.2) is 18.2 Å². The van der Waals surface area contributed by atoms with Crippen molar-refractivity contribution >= 4 is 0 Å². The van der Waals surface area contributed by atoms with Gasteiger partial charge in [-0.3, -0.25) is 0 Å². The molecule has 2 nitrogen and oxygen atoms in total. The summed E-state index contributed by atoms with van der Waals surface area (Å²) in [7, 11) is 1.95. The van der Waals surface area contributed by atoms with E-state index < -0.39 is 0 Å². The second-order valence-corrected chi connectivity index (χ2v) is 4.42. The topological polar surface area (TPSA) is 21.3 Å². The highest BCUT2D eigenvalue weighted by atomic mass is 16.5. The lowest BCUT2D eigenvalue weighted by Gasteiger charge is -2.06. The van der Waals surface area contributed by atoms with Crippen LogP contribution in [0.2, 0.25) is 0 Å². The van der Waals surface area contributed by atoms with Gasteiger partial charge in [-0.25, -0.2) is 0 Å². The van der Waals surface area contributed by atoms with Gasteiger partial charge >= 0.3 is 0 Å². The Kier molecular flexibility index (Phi) is 4.37. The maximum atomic E-state index is 5.53. The number of hydrogen-bond acceptors (Lipinski definition) is 2. The van der Waals surface area contributed by atoms with Gasteiger partial charge in [-0.15, -0.1) is 0 Å². The van der Waals surface area contributed by atoms with E-state index in [4.69, 9.17) is 4.74 Å². The van der Waals surface area contributed by atoms with E-state index in [9.17, 15) is 0 Å². The van der Waals surface area contributed by atoms with Crippen molar-refractivity contribution in [1.29, 1.82) is 0 Å². The Morgan fingerprint density at radius 1 is 1.19 bits per heavy atom. The number of likely N-dealkylation sites (N-methyl/N-ethyl adjacent to an activating group) is 1. The first-order valence-corrected chi connectivity index (χ1v) is 6.23. The highest BCUT2D eigenvalue weighted by Gasteiger charge is 2.10. The van der Waals surface area contributed by atoms with Crippen LogP contribution in [0.1, 0.15) is 23.1 Å². The van der Waals surface area contributed by atoms with Crippen LogP contribution in [0.5, 0.6) is 0 Å². The zero-order valence-electron chi connectivity index (χ0n) is 10.1. The summed E-state index contributed by atoms with van der Waals surface area (Å²) in [6, 6.07) is 6.92. The molecule has 88 valence electrons. The molecule has 1 aliphatic carbocycles. The van der Waals surface area contributed by atoms with Gasteiger partial charge in [0.25, 0.3) is 0 Å². The number of rotatable bonds is 6. The van der Waals surface area contributed by atoms with Crippen LogP contribution in [0.4, 0.5) is 0 Å². The molecule has 0 amide bonds. The van der Waals surface area contributed by atoms with E-state index in [1.165, 1.54) is 24.8 Å². The second-order valence-electron chi connectivity index (χ2n) is 4.42. The molecule has 2 heteroatoms. The number of aryl methyl sites for hydroxylation is 2. The van der Waals surface area contributed by atoms with Crippen LogP contribution in [0.25, 0.3) is 0 Å². The minimum atomic E-state index is 0.807. The molecule has 0 unspecified atom stereocenters. The first-order chi connectivity index (χ1) is 7.90. The average molecular weight is 219 g/mol. The van der Waals surface area contributed by atoms with Crippen LogP contribution in [-0.2, 0) is 24.0 Å². The molecular weight excluding hydrogens is 198 g/mol. The summed E-state index contributed by atoms with van der Waals surface area (Å²) in [6.07, 6.45) is 4.91. The highest BCUT2D eigenvalue weighted by Crippen LogP contribution is 2.22. The van der Waals surface area contributed by atoms with Crippen molar-refractivity contribution in [3.8, 4) is 0 Å². The minimum Gasteiger partial charge on any atom is -0.380 e. The average Bonchev–Trinajstić information content (AvgIpc) is 2.76. The number of ether oxygens (including phenoxy) is 1. The lowest BCUT2D eigenvalue weighted by molar-refractivity contribution is 0.140. The van der Waals surface area contributed by atoms with Gasteiger partial charge < -0.3 is 10.1 Å². The molecule has 1 aliphatic rings. The van der Waals surface area contributed by atoms with Crippen molar-refractivity contribution in [2.45, 2.75) is 25.7 Å². The summed E-state index contributed by atoms with van der Waals surface area (Å²) in [5.74, 6) is 0. The van der Waals surface area contributed by atoms with Gasteiger partial charge in [-0.2, -0.15) is 0 Å². The first-order valence-electron chi connectivity index (χ1n) is 6.23. The van der Waals surface area contributed by atoms with E-state index in [1.54, 1.807) is 11.1 Å². The Balaban J connectivity index is 1.77. The highest BCUT2D eigenvalue weighted by molar-refractivity contribution is 5.35. The lowest BCUT2D eigenvalue weighted by Crippen LogP contribution is -2.15. The van der Waals surface area contributed by atoms with Crippen molar-refractivity contribution in [2.24, 2.45) is 0 Å². The van der Waals surface area contributed by atoms with Gasteiger partial charge in [0, 0.05) is 6.54 Å². The van der Waals surface area contributed by atoms with Gasteiger partial charge in [0.1, 0.15) is 0 Å². The smallest absolute Gasteiger partial charge is 0.0590 e. The SMILES string of the molecule is CNCCOCCc1ccc2c(c1)CCC2. The Morgan fingerprint density at radius 2 is 2.06 bits per heavy atom. The third-order valence-corrected chi connectivity index (χ3v) is 3.19. The van der Waals surface area contributed by atoms with E-state index in [2.05, 4.69) is 23.5 Å². The molecule has 0 radical (unpaired) electrons. The summed E-state index contributed by atoms with van der Waals surface area (Å²) in [4.78, 5) is 0. The van der Waals surface area contributed by atoms with E-state index in [0.29, 0.717) is 0 Å². The van der Waals surface area contributed by atoms with E-state index in [-0.39, 0.29) is 0 Å². The Bertz CT molecular complexity index is 336. The zero-order chi connectivity index (χ0) is 11.2. The van der Waals surface area contributed by atoms with E-state index in [1.807, 2.05) is 7.05 Å². The first kappa shape index (κ1) is 11.6. The minimum absolute atomic E-state index is 0.807. The Labute approximate surface area is 98.0 Å². The predicted octanol–water partition coefficient (Wildman–Crippen LogP) is 1.95. The van der Waals surface area contributed by atoms with Crippen LogP contribution in [-0.4, -0.2) is 26.8 Å². The standard InChI is InChI=1S/C14H21NO/c1-15-8-10-16-9-7-12-5-6-13-3-2-4-14(13)11-12/h5-6,11,15H,2-4,7-10H2,1H3. The van der Waals surface area contributed by atoms with Gasteiger partial charge in [0.2, 0.25) is 0 Å². The molecular formula is C14H21NO. The maximum absolute atomic E-state index is 5.53. The van der Waals surface area contributed by atoms with Crippen LogP contribution in [0.3, 0.4) is 0 Å². The summed E-state index contributed by atoms with van der Waals surface area (Å²) in [6.45, 7) is 2.58. The normalized spacial score (nSPS) is 14.1. The monoisotopic (exact) mass is 219 g/mol. The predicted molar refractivity (Wildman–Crippen MR) is 66.9 cm³/mol. The Morgan fingerprint density at radius 3 is 2.94 bits per heavy atom. The third kappa shape index (κ3) is 3.06. The lowest BCUT2D eigenvalue weighted by atomic mass is 10.0. The molecule has 0 aromatic heterocycles. The quantitative estimate of drug-likeness (QED) is 0.738. The molecule has 1 N–H and O–H groups in total. The molecule has 2 rings (SSSR count). The van der Waals surface area contributed by atoms with Crippen molar-refractivity contribution in [3.63, 3.8) is 0 Å². The van der Waals surface area contributed by atoms with Crippen molar-refractivity contribution in [3.05, 3.63) is 34.9 Å². The number of nitrogens with one attached hydrogen (secondary N) is 1. The van der Waals surface area contributed by atoms with Gasteiger partial charge in [0.15, 0.2) is 0 Å². The number of fused-ring (bicyclic) bond motifs is 1. The maximum Gasteiger partial charge on any atom is 0.0590 e. The van der Waals surface area contributed by atoms with Crippen LogP contribution < -0.4 is 5.32 Å². The zero-order valence-corrected chi connectivity index (χ0v) is 10.1. The molecule has 1 aromatic carbocycles. The van der Waals surface area contributed by atoms with Gasteiger partial charge in [0.05, 0.1) is 13.2 Å². The summed E-state index contributed by atoms with van der Waals surface area (Å²) in [5, 5.41) is 3.08. The fourth-order valence-electron chi connectivity index (χ4n) is 2.25. The molecule has 0 bridgehead atoms. The second kappa shape index (κ2) is 6.02. The summed E-state index contributed by atoms with van der Waals surface area (Å²) >= 11 is 0. The molecule has 0 saturated heterocycles. The fourth-order valence-corrected chi connectivity index (χ4v) is 2.25. The van der Waals surface area contributed by atoms with Crippen LogP contribution in [0, 0.1) is 0 Å². The molecule has 16 heavy (non-hydrogen) atoms. The van der Waals surface area contributed by atoms with E-state index in [0.717, 1.165) is 26.2 Å². The molecule has 0 heterocycles. The molecule has 1 aromatic rings. The molecule has 0 atom stereocenters.